The molecule has 1 aromatic heterocycles. The van der Waals surface area contributed by atoms with Crippen molar-refractivity contribution in [3.05, 3.63) is 36.7 Å². The van der Waals surface area contributed by atoms with Gasteiger partial charge in [-0.15, -0.1) is 12.4 Å². The second-order valence-electron chi connectivity index (χ2n) is 3.21. The Morgan fingerprint density at radius 3 is 2.59 bits per heavy atom. The Hall–Kier alpha value is -1.13. The maximum absolute atomic E-state index is 5.13. The molecule has 0 unspecified atom stereocenters. The largest absolute Gasteiger partial charge is 0.497 e. The molecule has 0 saturated heterocycles. The van der Waals surface area contributed by atoms with E-state index in [-0.39, 0.29) is 12.4 Å². The number of halogens is 1. The molecule has 0 bridgehead atoms. The molecule has 2 rings (SSSR count). The van der Waals surface area contributed by atoms with Crippen LogP contribution < -0.4 is 4.74 Å². The number of benzene rings is 1. The van der Waals surface area contributed by atoms with Gasteiger partial charge < -0.3 is 4.74 Å². The van der Waals surface area contributed by atoms with Crippen LogP contribution in [0.25, 0.3) is 5.69 Å². The number of methoxy groups -OCH3 is 1. The summed E-state index contributed by atoms with van der Waals surface area (Å²) in [5.74, 6) is 1.89. The van der Waals surface area contributed by atoms with Crippen molar-refractivity contribution in [3.8, 4) is 11.4 Å². The number of thioether (sulfide) groups is 1. The maximum atomic E-state index is 5.13. The normalized spacial score (nSPS) is 9.76. The summed E-state index contributed by atoms with van der Waals surface area (Å²) in [7, 11) is 1.67. The molecule has 0 saturated carbocycles. The Bertz CT molecular complexity index is 456. The van der Waals surface area contributed by atoms with E-state index in [1.807, 2.05) is 36.7 Å². The summed E-state index contributed by atoms with van der Waals surface area (Å²) in [6, 6.07) is 7.96. The zero-order valence-electron chi connectivity index (χ0n) is 9.79. The molecular weight excluding hydrogens is 256 g/mol. The summed E-state index contributed by atoms with van der Waals surface area (Å²) in [5, 5.41) is 1.02. The zero-order chi connectivity index (χ0) is 11.4. The Balaban J connectivity index is 0.00000144. The topological polar surface area (TPSA) is 27.1 Å². The second kappa shape index (κ2) is 6.57. The molecule has 0 spiro atoms. The summed E-state index contributed by atoms with van der Waals surface area (Å²) in [4.78, 5) is 4.32. The first kappa shape index (κ1) is 13.9. The molecule has 0 atom stereocenters. The fourth-order valence-electron chi connectivity index (χ4n) is 1.46. The summed E-state index contributed by atoms with van der Waals surface area (Å²) in [6.07, 6.45) is 3.79. The first-order valence-electron chi connectivity index (χ1n) is 5.15. The van der Waals surface area contributed by atoms with Gasteiger partial charge in [0.2, 0.25) is 0 Å². The van der Waals surface area contributed by atoms with E-state index in [9.17, 15) is 0 Å². The van der Waals surface area contributed by atoms with E-state index in [4.69, 9.17) is 4.74 Å². The molecule has 3 nitrogen and oxygen atoms in total. The first-order chi connectivity index (χ1) is 7.85. The fourth-order valence-corrected chi connectivity index (χ4v) is 2.16. The van der Waals surface area contributed by atoms with Crippen molar-refractivity contribution < 1.29 is 4.74 Å². The first-order valence-corrected chi connectivity index (χ1v) is 6.14. The van der Waals surface area contributed by atoms with E-state index >= 15 is 0 Å². The number of hydrogen-bond acceptors (Lipinski definition) is 3. The van der Waals surface area contributed by atoms with Crippen LogP contribution in [0.4, 0.5) is 0 Å². The molecule has 0 aliphatic rings. The van der Waals surface area contributed by atoms with Gasteiger partial charge >= 0.3 is 0 Å². The third-order valence-corrected chi connectivity index (χ3v) is 3.08. The molecule has 1 heterocycles. The van der Waals surface area contributed by atoms with E-state index in [0.717, 1.165) is 22.3 Å². The molecule has 92 valence electrons. The molecule has 0 aliphatic heterocycles. The molecule has 0 fully saturated rings. The van der Waals surface area contributed by atoms with Crippen LogP contribution in [0.5, 0.6) is 5.75 Å². The molecule has 17 heavy (non-hydrogen) atoms. The lowest BCUT2D eigenvalue weighted by Gasteiger charge is -2.07. The van der Waals surface area contributed by atoms with Crippen molar-refractivity contribution >= 4 is 24.2 Å². The molecule has 0 aliphatic carbocycles. The minimum Gasteiger partial charge on any atom is -0.497 e. The van der Waals surface area contributed by atoms with Gasteiger partial charge in [-0.2, -0.15) is 0 Å². The lowest BCUT2D eigenvalue weighted by molar-refractivity contribution is 0.414. The third-order valence-electron chi connectivity index (χ3n) is 2.23. The van der Waals surface area contributed by atoms with Gasteiger partial charge in [-0.05, 0) is 30.0 Å². The van der Waals surface area contributed by atoms with Crippen molar-refractivity contribution in [3.63, 3.8) is 0 Å². The summed E-state index contributed by atoms with van der Waals surface area (Å²) in [6.45, 7) is 2.12. The SMILES string of the molecule is CCSc1nccn1-c1ccc(OC)cc1.Cl. The van der Waals surface area contributed by atoms with Crippen LogP contribution in [0.1, 0.15) is 6.92 Å². The van der Waals surface area contributed by atoms with Crippen LogP contribution >= 0.6 is 24.2 Å². The van der Waals surface area contributed by atoms with E-state index in [2.05, 4.69) is 16.5 Å². The van der Waals surface area contributed by atoms with Gasteiger partial charge in [0.15, 0.2) is 5.16 Å². The highest BCUT2D eigenvalue weighted by atomic mass is 35.5. The van der Waals surface area contributed by atoms with E-state index in [0.29, 0.717) is 0 Å². The molecule has 0 radical (unpaired) electrons. The highest BCUT2D eigenvalue weighted by molar-refractivity contribution is 7.99. The van der Waals surface area contributed by atoms with Crippen molar-refractivity contribution in [1.29, 1.82) is 0 Å². The Morgan fingerprint density at radius 1 is 1.29 bits per heavy atom. The standard InChI is InChI=1S/C12H14N2OS.ClH/c1-3-16-12-13-8-9-14(12)10-4-6-11(15-2)7-5-10;/h4-9H,3H2,1-2H3;1H. The highest BCUT2D eigenvalue weighted by Crippen LogP contribution is 2.21. The van der Waals surface area contributed by atoms with E-state index < -0.39 is 0 Å². The van der Waals surface area contributed by atoms with Crippen molar-refractivity contribution in [2.45, 2.75) is 12.1 Å². The van der Waals surface area contributed by atoms with E-state index in [1.54, 1.807) is 18.9 Å². The Morgan fingerprint density at radius 2 is 2.00 bits per heavy atom. The summed E-state index contributed by atoms with van der Waals surface area (Å²) >= 11 is 1.73. The zero-order valence-corrected chi connectivity index (χ0v) is 11.4. The van der Waals surface area contributed by atoms with Crippen LogP contribution in [0, 0.1) is 0 Å². The van der Waals surface area contributed by atoms with Gasteiger partial charge in [-0.25, -0.2) is 4.98 Å². The summed E-state index contributed by atoms with van der Waals surface area (Å²) in [5.41, 5.74) is 1.11. The van der Waals surface area contributed by atoms with Gasteiger partial charge in [0.05, 0.1) is 7.11 Å². The second-order valence-corrected chi connectivity index (χ2v) is 4.44. The lowest BCUT2D eigenvalue weighted by Crippen LogP contribution is -1.95. The minimum absolute atomic E-state index is 0. The van der Waals surface area contributed by atoms with Crippen LogP contribution in [0.3, 0.4) is 0 Å². The smallest absolute Gasteiger partial charge is 0.172 e. The Kier molecular flexibility index (Phi) is 5.38. The Labute approximate surface area is 112 Å². The average molecular weight is 271 g/mol. The highest BCUT2D eigenvalue weighted by Gasteiger charge is 2.04. The van der Waals surface area contributed by atoms with Crippen molar-refractivity contribution in [2.75, 3.05) is 12.9 Å². The number of rotatable bonds is 4. The maximum Gasteiger partial charge on any atom is 0.172 e. The van der Waals surface area contributed by atoms with Gasteiger partial charge in [0.1, 0.15) is 5.75 Å². The van der Waals surface area contributed by atoms with Gasteiger partial charge in [-0.3, -0.25) is 4.57 Å². The molecule has 0 N–H and O–H groups in total. The molecule has 0 amide bonds. The predicted molar refractivity (Wildman–Crippen MR) is 73.8 cm³/mol. The molecular formula is C12H15ClN2OS. The van der Waals surface area contributed by atoms with Crippen molar-refractivity contribution in [2.24, 2.45) is 0 Å². The van der Waals surface area contributed by atoms with Crippen molar-refractivity contribution in [1.82, 2.24) is 9.55 Å². The van der Waals surface area contributed by atoms with Gasteiger partial charge in [0.25, 0.3) is 0 Å². The van der Waals surface area contributed by atoms with Crippen LogP contribution in [0.2, 0.25) is 0 Å². The fraction of sp³-hybridized carbons (Fsp3) is 0.250. The molecule has 1 aromatic carbocycles. The van der Waals surface area contributed by atoms with E-state index in [1.165, 1.54) is 0 Å². The summed E-state index contributed by atoms with van der Waals surface area (Å²) < 4.78 is 7.21. The average Bonchev–Trinajstić information content (AvgIpc) is 2.78. The number of nitrogens with zero attached hydrogens (tertiary/aromatic N) is 2. The van der Waals surface area contributed by atoms with Crippen LogP contribution in [0.15, 0.2) is 41.8 Å². The minimum atomic E-state index is 0. The number of imidazole rings is 1. The third kappa shape index (κ3) is 3.17. The predicted octanol–water partition coefficient (Wildman–Crippen LogP) is 3.41. The molecule has 5 heteroatoms. The van der Waals surface area contributed by atoms with Crippen LogP contribution in [-0.4, -0.2) is 22.4 Å². The number of ether oxygens (including phenoxy) is 1. The van der Waals surface area contributed by atoms with Crippen LogP contribution in [-0.2, 0) is 0 Å². The quantitative estimate of drug-likeness (QED) is 0.797. The number of hydrogen-bond donors (Lipinski definition) is 0. The molecule has 2 aromatic rings. The monoisotopic (exact) mass is 270 g/mol. The van der Waals surface area contributed by atoms with Gasteiger partial charge in [0, 0.05) is 18.1 Å². The van der Waals surface area contributed by atoms with Gasteiger partial charge in [-0.1, -0.05) is 18.7 Å². The lowest BCUT2D eigenvalue weighted by atomic mass is 10.3. The number of aromatic nitrogens is 2.